The van der Waals surface area contributed by atoms with Crippen LogP contribution in [0.1, 0.15) is 18.4 Å². The lowest BCUT2D eigenvalue weighted by molar-refractivity contribution is 0.209. The fraction of sp³-hybridized carbons (Fsp3) is 0.348. The van der Waals surface area contributed by atoms with Crippen molar-refractivity contribution < 1.29 is 19.0 Å². The van der Waals surface area contributed by atoms with E-state index in [1.165, 1.54) is 38.2 Å². The Labute approximate surface area is 190 Å². The van der Waals surface area contributed by atoms with Gasteiger partial charge in [0.2, 0.25) is 5.88 Å². The number of likely N-dealkylation sites (tertiary alicyclic amines) is 1. The van der Waals surface area contributed by atoms with E-state index in [0.717, 1.165) is 11.3 Å². The van der Waals surface area contributed by atoms with E-state index in [2.05, 4.69) is 32.5 Å². The number of aromatic nitrogens is 2. The molecule has 0 atom stereocenters. The molecule has 5 rings (SSSR count). The Morgan fingerprint density at radius 3 is 2.67 bits per heavy atom. The Morgan fingerprint density at radius 2 is 2.00 bits per heavy atom. The summed E-state index contributed by atoms with van der Waals surface area (Å²) in [5, 5.41) is 15.2. The Balaban J connectivity index is 0.000000376. The van der Waals surface area contributed by atoms with E-state index in [0.29, 0.717) is 35.4 Å². The van der Waals surface area contributed by atoms with Crippen molar-refractivity contribution in [2.24, 2.45) is 0 Å². The summed E-state index contributed by atoms with van der Waals surface area (Å²) in [5.41, 5.74) is 8.28. The smallest absolute Gasteiger partial charge is 0.410 e. The molecule has 0 saturated carbocycles. The molecule has 2 aromatic heterocycles. The number of fused-ring (bicyclic) bond motifs is 2. The molecule has 1 amide bonds. The van der Waals surface area contributed by atoms with Gasteiger partial charge in [-0.2, -0.15) is 0 Å². The molecule has 174 valence electrons. The van der Waals surface area contributed by atoms with Gasteiger partial charge in [-0.1, -0.05) is 0 Å². The van der Waals surface area contributed by atoms with Crippen LogP contribution >= 0.6 is 0 Å². The van der Waals surface area contributed by atoms with E-state index >= 15 is 0 Å². The summed E-state index contributed by atoms with van der Waals surface area (Å²) in [6, 6.07) is 3.11. The highest BCUT2D eigenvalue weighted by Gasteiger charge is 2.21. The first-order valence-electron chi connectivity index (χ1n) is 10.8. The number of rotatable bonds is 2. The van der Waals surface area contributed by atoms with Gasteiger partial charge in [0.15, 0.2) is 5.82 Å². The first-order chi connectivity index (χ1) is 15.8. The lowest BCUT2D eigenvalue weighted by Crippen LogP contribution is -2.20. The summed E-state index contributed by atoms with van der Waals surface area (Å²) >= 11 is 0. The minimum absolute atomic E-state index is 0.0572. The second-order valence-electron chi connectivity index (χ2n) is 8.14. The van der Waals surface area contributed by atoms with Gasteiger partial charge in [0.05, 0.1) is 5.69 Å². The lowest BCUT2D eigenvalue weighted by atomic mass is 9.97. The van der Waals surface area contributed by atoms with Crippen molar-refractivity contribution in [2.45, 2.75) is 19.8 Å². The number of nitrogens with two attached hydrogens (primary N) is 1. The van der Waals surface area contributed by atoms with Crippen LogP contribution in [0.15, 0.2) is 24.5 Å². The molecule has 0 aliphatic carbocycles. The monoisotopic (exact) mass is 454 g/mol. The van der Waals surface area contributed by atoms with Gasteiger partial charge in [-0.15, -0.1) is 0 Å². The van der Waals surface area contributed by atoms with Crippen LogP contribution in [-0.2, 0) is 0 Å². The van der Waals surface area contributed by atoms with Gasteiger partial charge in [0.25, 0.3) is 0 Å². The Morgan fingerprint density at radius 1 is 1.24 bits per heavy atom. The van der Waals surface area contributed by atoms with Crippen molar-refractivity contribution in [1.82, 2.24) is 14.9 Å². The third-order valence-electron chi connectivity index (χ3n) is 5.80. The van der Waals surface area contributed by atoms with Crippen LogP contribution < -0.4 is 21.1 Å². The zero-order chi connectivity index (χ0) is 23.5. The number of anilines is 3. The van der Waals surface area contributed by atoms with Gasteiger partial charge in [0, 0.05) is 35.5 Å². The Kier molecular flexibility index (Phi) is 6.45. The SMILES string of the molecule is CN1CCCC1.Cc1c(-c2cc3cc(NC(=O)O)ncc3c(N)c2F)cnc2c1NCCO2. The molecule has 0 radical (unpaired) electrons. The van der Waals surface area contributed by atoms with Crippen molar-refractivity contribution in [3.05, 3.63) is 35.9 Å². The van der Waals surface area contributed by atoms with Crippen LogP contribution in [0.5, 0.6) is 5.88 Å². The number of ether oxygens (including phenoxy) is 1. The number of amides is 1. The Bertz CT molecular complexity index is 1200. The second kappa shape index (κ2) is 9.45. The van der Waals surface area contributed by atoms with Crippen molar-refractivity contribution in [3.63, 3.8) is 0 Å². The molecule has 3 aromatic rings. The number of halogens is 1. The predicted octanol–water partition coefficient (Wildman–Crippen LogP) is 3.93. The third kappa shape index (κ3) is 4.75. The number of pyridine rings is 2. The molecule has 1 fully saturated rings. The molecule has 10 heteroatoms. The number of nitrogens with zero attached hydrogens (tertiary/aromatic N) is 3. The van der Waals surface area contributed by atoms with Crippen LogP contribution in [0.2, 0.25) is 0 Å². The summed E-state index contributed by atoms with van der Waals surface area (Å²) < 4.78 is 20.5. The predicted molar refractivity (Wildman–Crippen MR) is 126 cm³/mol. The highest BCUT2D eigenvalue weighted by Crippen LogP contribution is 2.39. The van der Waals surface area contributed by atoms with Crippen LogP contribution in [0.4, 0.5) is 26.4 Å². The number of nitrogen functional groups attached to an aromatic ring is 1. The van der Waals surface area contributed by atoms with Crippen LogP contribution in [0, 0.1) is 12.7 Å². The molecule has 5 N–H and O–H groups in total. The maximum Gasteiger partial charge on any atom is 0.410 e. The van der Waals surface area contributed by atoms with E-state index in [1.54, 1.807) is 12.3 Å². The maximum absolute atomic E-state index is 15.0. The molecule has 0 spiro atoms. The summed E-state index contributed by atoms with van der Waals surface area (Å²) in [6.07, 6.45) is 4.48. The fourth-order valence-electron chi connectivity index (χ4n) is 4.04. The average Bonchev–Trinajstić information content (AvgIpc) is 3.28. The van der Waals surface area contributed by atoms with Gasteiger partial charge < -0.3 is 25.8 Å². The van der Waals surface area contributed by atoms with Crippen molar-refractivity contribution in [3.8, 4) is 17.0 Å². The molecule has 1 aromatic carbocycles. The van der Waals surface area contributed by atoms with Crippen molar-refractivity contribution >= 4 is 34.1 Å². The first-order valence-corrected chi connectivity index (χ1v) is 10.8. The van der Waals surface area contributed by atoms with Crippen molar-refractivity contribution in [2.75, 3.05) is 49.7 Å². The maximum atomic E-state index is 15.0. The normalized spacial score (nSPS) is 15.1. The van der Waals surface area contributed by atoms with Gasteiger partial charge in [-0.25, -0.2) is 19.2 Å². The number of nitrogens with one attached hydrogen (secondary N) is 2. The molecular formula is C23H27FN6O3. The highest BCUT2D eigenvalue weighted by atomic mass is 19.1. The number of carbonyl (C=O) groups is 1. The fourth-order valence-corrected chi connectivity index (χ4v) is 4.04. The largest absolute Gasteiger partial charge is 0.474 e. The molecule has 33 heavy (non-hydrogen) atoms. The number of carboxylic acid groups (broad SMARTS) is 1. The van der Waals surface area contributed by atoms with E-state index in [1.807, 2.05) is 6.92 Å². The Hall–Kier alpha value is -3.66. The van der Waals surface area contributed by atoms with Crippen LogP contribution in [0.3, 0.4) is 0 Å². The lowest BCUT2D eigenvalue weighted by Gasteiger charge is -2.22. The first kappa shape index (κ1) is 22.5. The minimum Gasteiger partial charge on any atom is -0.474 e. The molecule has 0 bridgehead atoms. The van der Waals surface area contributed by atoms with E-state index in [4.69, 9.17) is 15.6 Å². The summed E-state index contributed by atoms with van der Waals surface area (Å²) in [4.78, 5) is 21.4. The van der Waals surface area contributed by atoms with Gasteiger partial charge >= 0.3 is 6.09 Å². The minimum atomic E-state index is -1.24. The molecule has 2 aliphatic rings. The number of hydrogen-bond donors (Lipinski definition) is 4. The van der Waals surface area contributed by atoms with Crippen molar-refractivity contribution in [1.29, 1.82) is 0 Å². The molecule has 1 saturated heterocycles. The standard InChI is InChI=1S/C18H16FN5O3.C5H11N/c1-8-11(6-23-17-16(8)21-2-3-27-17)10-4-9-5-13(24-18(25)26)22-7-12(9)15(20)14(10)19;1-6-4-2-3-5-6/h4-7,21H,2-3,20H2,1H3,(H,22,24)(H,25,26);2-5H2,1H3. The van der Waals surface area contributed by atoms with Gasteiger partial charge in [-0.3, -0.25) is 5.32 Å². The molecule has 2 aliphatic heterocycles. The zero-order valence-corrected chi connectivity index (χ0v) is 18.6. The molecule has 0 unspecified atom stereocenters. The third-order valence-corrected chi connectivity index (χ3v) is 5.80. The van der Waals surface area contributed by atoms with Crippen LogP contribution in [0.25, 0.3) is 21.9 Å². The van der Waals surface area contributed by atoms with Gasteiger partial charge in [0.1, 0.15) is 18.1 Å². The molecular weight excluding hydrogens is 427 g/mol. The van der Waals surface area contributed by atoms with Gasteiger partial charge in [-0.05, 0) is 63.0 Å². The van der Waals surface area contributed by atoms with E-state index in [-0.39, 0.29) is 17.1 Å². The highest BCUT2D eigenvalue weighted by molar-refractivity contribution is 5.99. The second-order valence-corrected chi connectivity index (χ2v) is 8.14. The van der Waals surface area contributed by atoms with Crippen LogP contribution in [-0.4, -0.2) is 59.4 Å². The van der Waals surface area contributed by atoms with E-state index in [9.17, 15) is 9.18 Å². The topological polar surface area (TPSA) is 126 Å². The number of hydrogen-bond acceptors (Lipinski definition) is 7. The quantitative estimate of drug-likeness (QED) is 0.429. The summed E-state index contributed by atoms with van der Waals surface area (Å²) in [6.45, 7) is 5.64. The molecule has 9 nitrogen and oxygen atoms in total. The number of benzene rings is 1. The zero-order valence-electron chi connectivity index (χ0n) is 18.6. The summed E-state index contributed by atoms with van der Waals surface area (Å²) in [5.74, 6) is 0.0287. The molecule has 4 heterocycles. The van der Waals surface area contributed by atoms with E-state index < -0.39 is 11.9 Å². The average molecular weight is 455 g/mol. The summed E-state index contributed by atoms with van der Waals surface area (Å²) in [7, 11) is 2.17.